The zero-order chi connectivity index (χ0) is 73.1. The Balaban J connectivity index is 0.981. The Hall–Kier alpha value is -9.37. The molecule has 0 aromatic heterocycles. The molecule has 4 aliphatic carbocycles. The molecule has 4 saturated carbocycles. The van der Waals surface area contributed by atoms with Crippen LogP contribution in [-0.2, 0) is 58.0 Å². The summed E-state index contributed by atoms with van der Waals surface area (Å²) in [6.07, 6.45) is 1.16. The van der Waals surface area contributed by atoms with Crippen LogP contribution in [0.5, 0.6) is 0 Å². The van der Waals surface area contributed by atoms with Gasteiger partial charge in [0.25, 0.3) is 0 Å². The smallest absolute Gasteiger partial charge is 0.428 e. The summed E-state index contributed by atoms with van der Waals surface area (Å²) in [5, 5.41) is 3.90. The third-order valence-corrected chi connectivity index (χ3v) is 34.8. The lowest BCUT2D eigenvalue weighted by molar-refractivity contribution is -0.213. The van der Waals surface area contributed by atoms with Crippen molar-refractivity contribution in [3.05, 3.63) is 218 Å². The lowest BCUT2D eigenvalue weighted by atomic mass is 9.45. The number of carbonyl (C=O) groups excluding carboxylic acids is 8. The normalized spacial score (nSPS) is 21.3. The first kappa shape index (κ1) is 77.4. The van der Waals surface area contributed by atoms with Crippen molar-refractivity contribution in [2.24, 2.45) is 29.1 Å². The molecule has 0 radical (unpaired) electrons. The average molecular weight is 1450 g/mol. The molecule has 0 N–H and O–H groups in total. The molecule has 4 fully saturated rings. The van der Waals surface area contributed by atoms with Gasteiger partial charge in [0.1, 0.15) is 56.7 Å². The van der Waals surface area contributed by atoms with E-state index in [0.717, 1.165) is 20.7 Å². The van der Waals surface area contributed by atoms with Gasteiger partial charge >= 0.3 is 48.5 Å². The number of carbonyl (C=O) groups is 8. The van der Waals surface area contributed by atoms with E-state index in [9.17, 15) is 38.4 Å². The Bertz CT molecular complexity index is 3170. The van der Waals surface area contributed by atoms with E-state index < -0.39 is 111 Å². The minimum absolute atomic E-state index is 0.00731. The summed E-state index contributed by atoms with van der Waals surface area (Å²) in [7, 11) is -8.65. The van der Waals surface area contributed by atoms with Gasteiger partial charge in [0.15, 0.2) is 0 Å². The summed E-state index contributed by atoms with van der Waals surface area (Å²) in [5.41, 5.74) is 15.2. The summed E-state index contributed by atoms with van der Waals surface area (Å²) < 4.78 is 23.3. The van der Waals surface area contributed by atoms with Crippen molar-refractivity contribution in [3.63, 3.8) is 0 Å². The first-order valence-corrected chi connectivity index (χ1v) is 44.9. The predicted molar refractivity (Wildman–Crippen MR) is 390 cm³/mol. The van der Waals surface area contributed by atoms with Crippen LogP contribution in [-0.4, -0.2) is 105 Å². The highest BCUT2D eigenvalue weighted by Gasteiger charge is 2.57. The molecule has 4 aromatic rings. The van der Waals surface area contributed by atoms with Crippen LogP contribution in [0.15, 0.2) is 195 Å². The lowest BCUT2D eigenvalue weighted by Crippen LogP contribution is -2.54. The van der Waals surface area contributed by atoms with Crippen LogP contribution in [0.1, 0.15) is 144 Å². The summed E-state index contributed by atoms with van der Waals surface area (Å²) in [5.74, 6) is -3.52. The van der Waals surface area contributed by atoms with Gasteiger partial charge in [-0.1, -0.05) is 141 Å². The topological polar surface area (TPSA) is 247 Å². The highest BCUT2D eigenvalue weighted by atomic mass is 28.3. The van der Waals surface area contributed by atoms with Gasteiger partial charge in [-0.15, -0.1) is 52.6 Å². The van der Waals surface area contributed by atoms with Crippen LogP contribution in [0.3, 0.4) is 0 Å². The van der Waals surface area contributed by atoms with Gasteiger partial charge in [0, 0.05) is 0 Å². The van der Waals surface area contributed by atoms with Crippen LogP contribution in [0.4, 0.5) is 19.2 Å². The molecule has 0 aliphatic heterocycles. The van der Waals surface area contributed by atoms with Gasteiger partial charge in [0.05, 0.1) is 22.3 Å². The van der Waals surface area contributed by atoms with Gasteiger partial charge < -0.3 is 18.9 Å². The molecule has 0 heterocycles. The molecule has 0 atom stereocenters. The third kappa shape index (κ3) is 18.8. The van der Waals surface area contributed by atoms with E-state index in [4.69, 9.17) is 58.0 Å². The van der Waals surface area contributed by atoms with Crippen LogP contribution >= 0.6 is 0 Å². The van der Waals surface area contributed by atoms with Crippen molar-refractivity contribution >= 4 is 102 Å². The summed E-state index contributed by atoms with van der Waals surface area (Å²) in [6.45, 7) is 39.9. The minimum atomic E-state index is -2.16. The highest BCUT2D eigenvalue weighted by Crippen LogP contribution is 2.63. The average Bonchev–Trinajstić information content (AvgIpc) is 0.731. The van der Waals surface area contributed by atoms with Crippen molar-refractivity contribution in [1.82, 2.24) is 0 Å². The van der Waals surface area contributed by atoms with Gasteiger partial charge in [-0.05, 0) is 180 Å². The molecule has 0 saturated heterocycles. The lowest BCUT2D eigenvalue weighted by Gasteiger charge is -2.60. The first-order chi connectivity index (χ1) is 48.3. The highest BCUT2D eigenvalue weighted by molar-refractivity contribution is 7.00. The fourth-order valence-electron chi connectivity index (χ4n) is 15.0. The van der Waals surface area contributed by atoms with E-state index in [-0.39, 0.29) is 45.9 Å². The molecule has 8 rings (SSSR count). The van der Waals surface area contributed by atoms with Gasteiger partial charge in [-0.2, -0.15) is 19.2 Å². The third-order valence-electron chi connectivity index (χ3n) is 21.7. The largest absolute Gasteiger partial charge is 0.550 e. The molecule has 536 valence electrons. The molecule has 0 unspecified atom stereocenters. The number of hydrogen-bond donors (Lipinski definition) is 0. The molecule has 0 bridgehead atoms. The van der Waals surface area contributed by atoms with Crippen molar-refractivity contribution in [1.29, 1.82) is 0 Å². The Morgan fingerprint density at radius 3 is 0.584 bits per heavy atom. The maximum absolute atomic E-state index is 13.3. The molecule has 0 spiro atoms. The number of benzene rings is 4. The number of ether oxygens (including phenoxy) is 4. The van der Waals surface area contributed by atoms with Crippen molar-refractivity contribution in [2.45, 2.75) is 153 Å². The number of hydrogen-bond acceptors (Lipinski definition) is 20. The fraction of sp³-hybridized carbons (Fsp3) is 0.377. The van der Waals surface area contributed by atoms with E-state index in [2.05, 4.69) is 78.8 Å². The van der Waals surface area contributed by atoms with Crippen molar-refractivity contribution in [2.75, 3.05) is 0 Å². The van der Waals surface area contributed by atoms with Crippen LogP contribution < -0.4 is 20.7 Å². The zero-order valence-electron chi connectivity index (χ0n) is 58.1. The van der Waals surface area contributed by atoms with Gasteiger partial charge in [-0.3, -0.25) is 0 Å². The Morgan fingerprint density at radius 2 is 0.436 bits per heavy atom. The van der Waals surface area contributed by atoms with E-state index in [1.54, 1.807) is 97.1 Å². The summed E-state index contributed by atoms with van der Waals surface area (Å²) in [6, 6.07) is 27.0. The minimum Gasteiger partial charge on any atom is -0.428 e. The Morgan fingerprint density at radius 1 is 0.277 bits per heavy atom. The van der Waals surface area contributed by atoms with Crippen LogP contribution in [0.2, 0.25) is 26.2 Å². The molecule has 24 heteroatoms. The Kier molecular flexibility index (Phi) is 26.7. The molecular weight excluding hydrogens is 1360 g/mol. The van der Waals surface area contributed by atoms with E-state index in [1.807, 2.05) is 45.6 Å². The fourth-order valence-corrected chi connectivity index (χ4v) is 21.1. The maximum atomic E-state index is 13.3. The molecule has 101 heavy (non-hydrogen) atoms. The molecule has 4 aromatic carbocycles. The predicted octanol–water partition coefficient (Wildman–Crippen LogP) is 14.9. The maximum Gasteiger partial charge on any atom is 0.550 e. The van der Waals surface area contributed by atoms with Crippen molar-refractivity contribution < 1.29 is 96.4 Å². The van der Waals surface area contributed by atoms with Gasteiger partial charge in [0.2, 0.25) is 0 Å². The van der Waals surface area contributed by atoms with E-state index in [0.29, 0.717) is 103 Å². The standard InChI is InChI=1S/C77H92O20Si4/c1-13-98(9,14-2)65-45-21-53(22-46-65)69(78)90-94-73(82)86-61-37-29-57(30-38-61)77(58-31-39-62(40-32-58)87-74(83)95-91-70(79)54-23-47-66(48-24-54)99(10,15-3)16-4,59-33-41-63(42-34-59)88-75(84)96-92-71(80)55-25-49-67(50-26-55)100(11,17-5)18-6)60-35-43-64(44-36-60)89-76(85)97-93-72(81)56-27-51-68(52-28-56)101(12,19-7)20-8/h13-28,45-52,57-64H,1-8,29-44H2,9-12H3. The van der Waals surface area contributed by atoms with Crippen LogP contribution in [0.25, 0.3) is 0 Å². The monoisotopic (exact) mass is 1450 g/mol. The molecule has 4 aliphatic rings. The summed E-state index contributed by atoms with van der Waals surface area (Å²) in [4.78, 5) is 145. The van der Waals surface area contributed by atoms with E-state index >= 15 is 0 Å². The SMILES string of the molecule is C=C[Si](C)(C=C)c1ccc(C(=O)OOC(=O)OC2CCC(C(C3CCC(OC(=O)OOC(=O)c4ccc([Si](C)(C=C)C=C)cc4)CC3)(C3CCC(OC(=O)OOC(=O)c4ccc([Si](C)(C=C)C=C)cc4)CC3)C3CCC(OC(=O)OOC(=O)c4ccc([Si](C)(C=C)C=C)cc4)CC3)CC2)cc1. The zero-order valence-corrected chi connectivity index (χ0v) is 62.1. The van der Waals surface area contributed by atoms with Crippen LogP contribution in [0, 0.1) is 29.1 Å². The molecule has 0 amide bonds. The quantitative estimate of drug-likeness (QED) is 0.0208. The molecular formula is C77H92O20Si4. The summed E-state index contributed by atoms with van der Waals surface area (Å²) >= 11 is 0. The number of rotatable bonds is 24. The second-order valence-electron chi connectivity index (χ2n) is 27.3. The Labute approximate surface area is 594 Å². The van der Waals surface area contributed by atoms with Crippen molar-refractivity contribution in [3.8, 4) is 0 Å². The van der Waals surface area contributed by atoms with Gasteiger partial charge in [-0.25, -0.2) is 58.3 Å². The first-order valence-electron chi connectivity index (χ1n) is 34.2. The second kappa shape index (κ2) is 34.8. The second-order valence-corrected chi connectivity index (χ2v) is 43.1. The van der Waals surface area contributed by atoms with E-state index in [1.165, 1.54) is 0 Å². The molecule has 20 nitrogen and oxygen atoms in total.